The standard InChI is InChI=1S/C24H34F3N5O5S/c1-3-38(36,37)31-22(29)17-20(27)18(25)15(19(26)21(17)33)11-32-10-14(13-7-5-4-6-8-13)9-16(32)24(35)30-23(34)12(2)28/h12-14,16,33H,3-11,28H2,1-2H3,(H2,29,31)(H,30,34,35)/t12-,14?,16-/m0/s1. The van der Waals surface area contributed by atoms with Crippen LogP contribution < -0.4 is 16.8 Å². The summed E-state index contributed by atoms with van der Waals surface area (Å²) in [6, 6.07) is -1.91. The number of nitrogens with one attached hydrogen (secondary N) is 1. The Morgan fingerprint density at radius 3 is 2.34 bits per heavy atom. The molecule has 38 heavy (non-hydrogen) atoms. The summed E-state index contributed by atoms with van der Waals surface area (Å²) in [7, 11) is -4.15. The lowest BCUT2D eigenvalue weighted by Gasteiger charge is -2.27. The molecule has 1 aliphatic carbocycles. The number of phenolic OH excluding ortho intramolecular Hbond substituents is 1. The molecule has 10 nitrogen and oxygen atoms in total. The van der Waals surface area contributed by atoms with Gasteiger partial charge in [-0.3, -0.25) is 19.8 Å². The summed E-state index contributed by atoms with van der Waals surface area (Å²) < 4.78 is 71.9. The van der Waals surface area contributed by atoms with Crippen LogP contribution in [0, 0.1) is 29.3 Å². The molecule has 0 aromatic heterocycles. The van der Waals surface area contributed by atoms with E-state index in [1.54, 1.807) is 0 Å². The third-order valence-electron chi connectivity index (χ3n) is 7.32. The van der Waals surface area contributed by atoms with Gasteiger partial charge in [-0.1, -0.05) is 32.1 Å². The van der Waals surface area contributed by atoms with Gasteiger partial charge in [0, 0.05) is 18.7 Å². The number of hydrogen-bond donors (Lipinski definition) is 4. The van der Waals surface area contributed by atoms with E-state index < -0.39 is 86.4 Å². The summed E-state index contributed by atoms with van der Waals surface area (Å²) in [5.41, 5.74) is 8.94. The number of carbonyl (C=O) groups excluding carboxylic acids is 2. The summed E-state index contributed by atoms with van der Waals surface area (Å²) in [6.45, 7) is 2.30. The predicted octanol–water partition coefficient (Wildman–Crippen LogP) is 1.63. The lowest BCUT2D eigenvalue weighted by molar-refractivity contribution is -0.133. The molecule has 3 atom stereocenters. The first-order valence-corrected chi connectivity index (χ1v) is 14.2. The molecule has 6 N–H and O–H groups in total. The van der Waals surface area contributed by atoms with Gasteiger partial charge in [0.1, 0.15) is 5.56 Å². The first-order chi connectivity index (χ1) is 17.8. The Morgan fingerprint density at radius 2 is 1.76 bits per heavy atom. The first-order valence-electron chi connectivity index (χ1n) is 12.6. The number of nitrogens with zero attached hydrogens (tertiary/aromatic N) is 2. The van der Waals surface area contributed by atoms with Gasteiger partial charge in [0.25, 0.3) is 10.0 Å². The smallest absolute Gasteiger partial charge is 0.254 e. The lowest BCUT2D eigenvalue weighted by Crippen LogP contribution is -2.49. The van der Waals surface area contributed by atoms with Crippen molar-refractivity contribution in [1.29, 1.82) is 0 Å². The number of amides is 2. The van der Waals surface area contributed by atoms with E-state index in [0.29, 0.717) is 6.42 Å². The van der Waals surface area contributed by atoms with E-state index in [9.17, 15) is 27.5 Å². The summed E-state index contributed by atoms with van der Waals surface area (Å²) in [5.74, 6) is -9.15. The van der Waals surface area contributed by atoms with E-state index in [2.05, 4.69) is 9.71 Å². The van der Waals surface area contributed by atoms with Crippen molar-refractivity contribution in [3.8, 4) is 5.75 Å². The Hall–Kier alpha value is -2.71. The van der Waals surface area contributed by atoms with Gasteiger partial charge >= 0.3 is 0 Å². The Morgan fingerprint density at radius 1 is 1.13 bits per heavy atom. The number of rotatable bonds is 8. The van der Waals surface area contributed by atoms with Crippen LogP contribution in [0.5, 0.6) is 5.75 Å². The highest BCUT2D eigenvalue weighted by Gasteiger charge is 2.42. The highest BCUT2D eigenvalue weighted by atomic mass is 32.2. The number of likely N-dealkylation sites (tertiary alicyclic amines) is 1. The number of carbonyl (C=O) groups is 2. The maximum Gasteiger partial charge on any atom is 0.254 e. The van der Waals surface area contributed by atoms with Crippen molar-refractivity contribution in [3.05, 3.63) is 28.6 Å². The normalized spacial score (nSPS) is 22.4. The Labute approximate surface area is 219 Å². The van der Waals surface area contributed by atoms with Crippen LogP contribution in [0.3, 0.4) is 0 Å². The van der Waals surface area contributed by atoms with E-state index in [4.69, 9.17) is 11.5 Å². The Bertz CT molecular complexity index is 1190. The average Bonchev–Trinajstić information content (AvgIpc) is 3.30. The monoisotopic (exact) mass is 561 g/mol. The van der Waals surface area contributed by atoms with E-state index in [1.807, 2.05) is 0 Å². The van der Waals surface area contributed by atoms with Crippen molar-refractivity contribution in [2.75, 3.05) is 12.3 Å². The van der Waals surface area contributed by atoms with Gasteiger partial charge in [0.2, 0.25) is 11.8 Å². The molecule has 0 bridgehead atoms. The summed E-state index contributed by atoms with van der Waals surface area (Å²) in [6.07, 6.45) is 5.37. The molecule has 3 rings (SSSR count). The summed E-state index contributed by atoms with van der Waals surface area (Å²) in [4.78, 5) is 26.4. The zero-order valence-corrected chi connectivity index (χ0v) is 22.2. The van der Waals surface area contributed by atoms with Crippen LogP contribution in [0.25, 0.3) is 0 Å². The molecule has 2 fully saturated rings. The second-order valence-electron chi connectivity index (χ2n) is 9.97. The largest absolute Gasteiger partial charge is 0.504 e. The molecule has 1 aromatic carbocycles. The third kappa shape index (κ3) is 6.46. The van der Waals surface area contributed by atoms with Crippen molar-refractivity contribution < 1.29 is 36.3 Å². The predicted molar refractivity (Wildman–Crippen MR) is 134 cm³/mol. The van der Waals surface area contributed by atoms with Crippen LogP contribution in [0.15, 0.2) is 4.40 Å². The van der Waals surface area contributed by atoms with Crippen LogP contribution in [0.1, 0.15) is 63.5 Å². The van der Waals surface area contributed by atoms with E-state index in [0.717, 1.165) is 32.1 Å². The molecule has 1 heterocycles. The number of phenols is 1. The molecule has 14 heteroatoms. The zero-order chi connectivity index (χ0) is 28.4. The maximum atomic E-state index is 15.2. The summed E-state index contributed by atoms with van der Waals surface area (Å²) in [5, 5.41) is 12.5. The van der Waals surface area contributed by atoms with Crippen LogP contribution in [-0.4, -0.2) is 60.5 Å². The third-order valence-corrected chi connectivity index (χ3v) is 8.53. The Balaban J connectivity index is 1.97. The number of sulfonamides is 1. The van der Waals surface area contributed by atoms with Crippen molar-refractivity contribution in [3.63, 3.8) is 0 Å². The van der Waals surface area contributed by atoms with Gasteiger partial charge in [0.05, 0.1) is 17.8 Å². The second kappa shape index (κ2) is 12.0. The zero-order valence-electron chi connectivity index (χ0n) is 21.3. The molecule has 212 valence electrons. The SMILES string of the molecule is CCS(=O)(=O)N=C(N)c1c(O)c(F)c(CN2CC(C3CCCCC3)C[C@H]2C(=O)NC(=O)[C@H](C)N)c(F)c1F. The van der Waals surface area contributed by atoms with E-state index >= 15 is 8.78 Å². The summed E-state index contributed by atoms with van der Waals surface area (Å²) >= 11 is 0. The number of benzene rings is 1. The number of amidine groups is 1. The van der Waals surface area contributed by atoms with Gasteiger partial charge in [-0.15, -0.1) is 4.40 Å². The fourth-order valence-corrected chi connectivity index (χ4v) is 5.70. The lowest BCUT2D eigenvalue weighted by atomic mass is 9.79. The molecule has 1 saturated heterocycles. The molecule has 1 aromatic rings. The van der Waals surface area contributed by atoms with Gasteiger partial charge < -0.3 is 16.6 Å². The fraction of sp³-hybridized carbons (Fsp3) is 0.625. The van der Waals surface area contributed by atoms with Crippen LogP contribution >= 0.6 is 0 Å². The van der Waals surface area contributed by atoms with E-state index in [1.165, 1.54) is 18.7 Å². The molecule has 2 aliphatic rings. The second-order valence-corrected chi connectivity index (χ2v) is 11.9. The van der Waals surface area contributed by atoms with Gasteiger partial charge in [0.15, 0.2) is 29.0 Å². The molecule has 1 saturated carbocycles. The molecular weight excluding hydrogens is 527 g/mol. The van der Waals surface area contributed by atoms with Crippen LogP contribution in [0.4, 0.5) is 13.2 Å². The minimum absolute atomic E-state index is 0.00215. The molecule has 0 spiro atoms. The average molecular weight is 562 g/mol. The Kier molecular flexibility index (Phi) is 9.42. The molecule has 1 aliphatic heterocycles. The molecule has 1 unspecified atom stereocenters. The molecular formula is C24H34F3N5O5S. The number of halogens is 3. The molecule has 0 radical (unpaired) electrons. The van der Waals surface area contributed by atoms with Gasteiger partial charge in [-0.25, -0.2) is 21.6 Å². The topological polar surface area (TPSA) is 168 Å². The van der Waals surface area contributed by atoms with Crippen molar-refractivity contribution in [2.45, 2.75) is 71.0 Å². The number of nitrogens with two attached hydrogens (primary N) is 2. The highest BCUT2D eigenvalue weighted by molar-refractivity contribution is 7.90. The highest BCUT2D eigenvalue weighted by Crippen LogP contribution is 2.39. The number of imide groups is 1. The van der Waals surface area contributed by atoms with Gasteiger partial charge in [-0.2, -0.15) is 0 Å². The maximum absolute atomic E-state index is 15.2. The quantitative estimate of drug-likeness (QED) is 0.211. The fourth-order valence-electron chi connectivity index (χ4n) is 5.18. The van der Waals surface area contributed by atoms with Crippen molar-refractivity contribution in [2.24, 2.45) is 27.7 Å². The number of aromatic hydroxyl groups is 1. The number of hydrogen-bond acceptors (Lipinski definition) is 7. The minimum atomic E-state index is -4.15. The van der Waals surface area contributed by atoms with Gasteiger partial charge in [-0.05, 0) is 32.1 Å². The molecule has 2 amide bonds. The van der Waals surface area contributed by atoms with Crippen LogP contribution in [-0.2, 0) is 26.2 Å². The van der Waals surface area contributed by atoms with Crippen molar-refractivity contribution in [1.82, 2.24) is 10.2 Å². The van der Waals surface area contributed by atoms with Crippen molar-refractivity contribution >= 4 is 27.7 Å². The van der Waals surface area contributed by atoms with E-state index in [-0.39, 0.29) is 18.4 Å². The first kappa shape index (κ1) is 29.8. The minimum Gasteiger partial charge on any atom is -0.504 e. The van der Waals surface area contributed by atoms with Crippen LogP contribution in [0.2, 0.25) is 0 Å².